The topological polar surface area (TPSA) is 71.5 Å². The first-order valence-electron chi connectivity index (χ1n) is 11.9. The Balaban J connectivity index is 1.54. The molecule has 2 aromatic carbocycles. The summed E-state index contributed by atoms with van der Waals surface area (Å²) in [7, 11) is 0. The Kier molecular flexibility index (Phi) is 7.80. The monoisotopic (exact) mass is 495 g/mol. The van der Waals surface area contributed by atoms with E-state index in [2.05, 4.69) is 10.3 Å². The second kappa shape index (κ2) is 11.0. The van der Waals surface area contributed by atoms with Gasteiger partial charge in [-0.1, -0.05) is 39.0 Å². The number of benzene rings is 2. The van der Waals surface area contributed by atoms with E-state index in [0.717, 1.165) is 23.1 Å². The largest absolute Gasteiger partial charge is 0.486 e. The molecule has 4 rings (SSSR count). The van der Waals surface area contributed by atoms with Crippen LogP contribution in [0.1, 0.15) is 65.4 Å². The number of hydrogen-bond donors (Lipinski definition) is 1. The Hall–Kier alpha value is -3.26. The highest BCUT2D eigenvalue weighted by Gasteiger charge is 2.32. The van der Waals surface area contributed by atoms with Crippen LogP contribution in [0, 0.1) is 11.7 Å². The van der Waals surface area contributed by atoms with Crippen LogP contribution < -0.4 is 10.1 Å². The summed E-state index contributed by atoms with van der Waals surface area (Å²) in [6, 6.07) is 11.9. The molecule has 0 radical (unpaired) electrons. The van der Waals surface area contributed by atoms with Gasteiger partial charge in [-0.15, -0.1) is 11.3 Å². The van der Waals surface area contributed by atoms with E-state index >= 15 is 0 Å². The van der Waals surface area contributed by atoms with Crippen LogP contribution in [-0.2, 0) is 17.8 Å². The molecule has 0 bridgehead atoms. The van der Waals surface area contributed by atoms with Gasteiger partial charge in [-0.3, -0.25) is 9.59 Å². The summed E-state index contributed by atoms with van der Waals surface area (Å²) in [5.74, 6) is 0.514. The minimum atomic E-state index is -0.374. The number of aromatic nitrogens is 1. The molecule has 1 aliphatic heterocycles. The van der Waals surface area contributed by atoms with Gasteiger partial charge in [-0.2, -0.15) is 0 Å². The number of carbonyl (C=O) groups is 2. The molecule has 1 atom stereocenters. The summed E-state index contributed by atoms with van der Waals surface area (Å²) >= 11 is 1.37. The average molecular weight is 496 g/mol. The molecule has 1 aliphatic rings. The van der Waals surface area contributed by atoms with Crippen molar-refractivity contribution in [1.82, 2.24) is 15.2 Å². The summed E-state index contributed by atoms with van der Waals surface area (Å²) in [6.45, 7) is 7.32. The minimum Gasteiger partial charge on any atom is -0.486 e. The number of hydrogen-bond acceptors (Lipinski definition) is 5. The molecule has 35 heavy (non-hydrogen) atoms. The van der Waals surface area contributed by atoms with Crippen LogP contribution in [0.2, 0.25) is 0 Å². The Morgan fingerprint density at radius 3 is 2.83 bits per heavy atom. The molecule has 0 aliphatic carbocycles. The first kappa shape index (κ1) is 24.9. The average Bonchev–Trinajstić information content (AvgIpc) is 3.34. The highest BCUT2D eigenvalue weighted by molar-refractivity contribution is 7.09. The van der Waals surface area contributed by atoms with E-state index in [1.165, 1.54) is 23.5 Å². The van der Waals surface area contributed by atoms with Crippen LogP contribution in [0.3, 0.4) is 0 Å². The number of nitrogens with zero attached hydrogens (tertiary/aromatic N) is 2. The standard InChI is InChI=1S/C27H30FN3O3S/c1-4-25(32)31-11-10-18-8-9-21(13-22(18)26(31)19-6-5-7-20(28)12-19)34-15-24-30-23(16-35-24)27(33)29-14-17(2)3/h5-9,12-13,16-17,26H,4,10-11,14-15H2,1-3H3,(H,29,33). The maximum absolute atomic E-state index is 14.1. The number of halogens is 1. The van der Waals surface area contributed by atoms with Crippen molar-refractivity contribution in [2.24, 2.45) is 5.92 Å². The molecule has 0 saturated carbocycles. The Morgan fingerprint density at radius 2 is 2.09 bits per heavy atom. The van der Waals surface area contributed by atoms with Crippen molar-refractivity contribution in [3.63, 3.8) is 0 Å². The summed E-state index contributed by atoms with van der Waals surface area (Å²) < 4.78 is 20.1. The zero-order chi connectivity index (χ0) is 24.9. The van der Waals surface area contributed by atoms with Crippen molar-refractivity contribution in [3.8, 4) is 5.75 Å². The van der Waals surface area contributed by atoms with Crippen molar-refractivity contribution in [1.29, 1.82) is 0 Å². The van der Waals surface area contributed by atoms with E-state index in [9.17, 15) is 14.0 Å². The first-order valence-corrected chi connectivity index (χ1v) is 12.8. The molecule has 2 heterocycles. The first-order chi connectivity index (χ1) is 16.9. The van der Waals surface area contributed by atoms with Crippen molar-refractivity contribution in [3.05, 3.63) is 81.1 Å². The Labute approximate surface area is 209 Å². The minimum absolute atomic E-state index is 0.0299. The van der Waals surface area contributed by atoms with Crippen LogP contribution in [0.15, 0.2) is 47.8 Å². The number of thiazole rings is 1. The van der Waals surface area contributed by atoms with Gasteiger partial charge in [0.05, 0.1) is 6.04 Å². The molecule has 0 saturated heterocycles. The van der Waals surface area contributed by atoms with Crippen LogP contribution in [0.5, 0.6) is 5.75 Å². The molecular formula is C27H30FN3O3S. The van der Waals surface area contributed by atoms with Gasteiger partial charge in [0.25, 0.3) is 5.91 Å². The van der Waals surface area contributed by atoms with Gasteiger partial charge in [-0.25, -0.2) is 9.37 Å². The molecule has 1 aromatic heterocycles. The maximum atomic E-state index is 14.1. The highest BCUT2D eigenvalue weighted by atomic mass is 32.1. The van der Waals surface area contributed by atoms with Gasteiger partial charge >= 0.3 is 0 Å². The quantitative estimate of drug-likeness (QED) is 0.470. The van der Waals surface area contributed by atoms with Gasteiger partial charge < -0.3 is 15.0 Å². The number of rotatable bonds is 8. The van der Waals surface area contributed by atoms with E-state index < -0.39 is 0 Å². The molecule has 2 amide bonds. The lowest BCUT2D eigenvalue weighted by Crippen LogP contribution is -2.40. The third-order valence-corrected chi connectivity index (χ3v) is 6.77. The number of ether oxygens (including phenoxy) is 1. The fourth-order valence-corrected chi connectivity index (χ4v) is 4.89. The zero-order valence-corrected chi connectivity index (χ0v) is 21.0. The molecule has 6 nitrogen and oxygen atoms in total. The van der Waals surface area contributed by atoms with Crippen LogP contribution >= 0.6 is 11.3 Å². The molecule has 0 fully saturated rings. The van der Waals surface area contributed by atoms with Crippen molar-refractivity contribution < 1.29 is 18.7 Å². The van der Waals surface area contributed by atoms with Crippen LogP contribution in [0.4, 0.5) is 4.39 Å². The molecule has 1 N–H and O–H groups in total. The van der Waals surface area contributed by atoms with Gasteiger partial charge in [0.1, 0.15) is 28.9 Å². The molecule has 3 aromatic rings. The highest BCUT2D eigenvalue weighted by Crippen LogP contribution is 2.38. The summed E-state index contributed by atoms with van der Waals surface area (Å²) in [5.41, 5.74) is 3.18. The smallest absolute Gasteiger partial charge is 0.270 e. The summed E-state index contributed by atoms with van der Waals surface area (Å²) in [5, 5.41) is 5.30. The number of amides is 2. The lowest BCUT2D eigenvalue weighted by Gasteiger charge is -2.38. The van der Waals surface area contributed by atoms with E-state index in [1.54, 1.807) is 11.4 Å². The van der Waals surface area contributed by atoms with E-state index in [0.29, 0.717) is 41.9 Å². The molecule has 0 spiro atoms. The van der Waals surface area contributed by atoms with Crippen molar-refractivity contribution in [2.75, 3.05) is 13.1 Å². The third kappa shape index (κ3) is 5.88. The SMILES string of the molecule is CCC(=O)N1CCc2ccc(OCc3nc(C(=O)NCC(C)C)cs3)cc2C1c1cccc(F)c1. The maximum Gasteiger partial charge on any atom is 0.270 e. The van der Waals surface area contributed by atoms with Crippen LogP contribution in [0.25, 0.3) is 0 Å². The number of fused-ring (bicyclic) bond motifs is 1. The van der Waals surface area contributed by atoms with E-state index in [1.807, 2.05) is 49.9 Å². The van der Waals surface area contributed by atoms with Gasteiger partial charge in [-0.05, 0) is 53.3 Å². The number of carbonyl (C=O) groups excluding carboxylic acids is 2. The van der Waals surface area contributed by atoms with Gasteiger partial charge in [0.15, 0.2) is 0 Å². The summed E-state index contributed by atoms with van der Waals surface area (Å²) in [4.78, 5) is 31.2. The van der Waals surface area contributed by atoms with E-state index in [-0.39, 0.29) is 30.3 Å². The summed E-state index contributed by atoms with van der Waals surface area (Å²) in [6.07, 6.45) is 1.11. The predicted octanol–water partition coefficient (Wildman–Crippen LogP) is 5.13. The van der Waals surface area contributed by atoms with E-state index in [4.69, 9.17) is 4.74 Å². The van der Waals surface area contributed by atoms with Crippen molar-refractivity contribution in [2.45, 2.75) is 46.3 Å². The van der Waals surface area contributed by atoms with Crippen molar-refractivity contribution >= 4 is 23.2 Å². The molecule has 184 valence electrons. The Bertz CT molecular complexity index is 1210. The third-order valence-electron chi connectivity index (χ3n) is 5.95. The predicted molar refractivity (Wildman–Crippen MR) is 134 cm³/mol. The fraction of sp³-hybridized carbons (Fsp3) is 0.370. The Morgan fingerprint density at radius 1 is 1.26 bits per heavy atom. The normalized spacial score (nSPS) is 15.1. The second-order valence-electron chi connectivity index (χ2n) is 9.03. The van der Waals surface area contributed by atoms with Gasteiger partial charge in [0.2, 0.25) is 5.91 Å². The lowest BCUT2D eigenvalue weighted by atomic mass is 9.87. The van der Waals surface area contributed by atoms with Gasteiger partial charge in [0, 0.05) is 24.9 Å². The molecular weight excluding hydrogens is 465 g/mol. The fourth-order valence-electron chi connectivity index (χ4n) is 4.20. The molecule has 1 unspecified atom stereocenters. The second-order valence-corrected chi connectivity index (χ2v) is 9.97. The number of nitrogens with one attached hydrogen (secondary N) is 1. The lowest BCUT2D eigenvalue weighted by molar-refractivity contribution is -0.132. The zero-order valence-electron chi connectivity index (χ0n) is 20.2. The van der Waals surface area contributed by atoms with Crippen LogP contribution in [-0.4, -0.2) is 34.8 Å². The molecule has 8 heteroatoms.